The first-order valence-electron chi connectivity index (χ1n) is 8.86. The molecule has 1 fully saturated rings. The van der Waals surface area contributed by atoms with E-state index in [1.54, 1.807) is 0 Å². The van der Waals surface area contributed by atoms with Crippen LogP contribution in [0.1, 0.15) is 33.6 Å². The molecule has 2 aliphatic rings. The van der Waals surface area contributed by atoms with Crippen LogP contribution in [0.4, 0.5) is 0 Å². The summed E-state index contributed by atoms with van der Waals surface area (Å²) in [7, 11) is 0. The van der Waals surface area contributed by atoms with Gasteiger partial charge in [0.25, 0.3) is 0 Å². The number of rotatable bonds is 5. The van der Waals surface area contributed by atoms with Crippen LogP contribution < -0.4 is 16.4 Å². The van der Waals surface area contributed by atoms with Gasteiger partial charge < -0.3 is 31.3 Å². The summed E-state index contributed by atoms with van der Waals surface area (Å²) in [5.41, 5.74) is 3.95. The van der Waals surface area contributed by atoms with Crippen molar-refractivity contribution in [2.45, 2.75) is 68.3 Å². The Morgan fingerprint density at radius 2 is 1.93 bits per heavy atom. The molecule has 1 heterocycles. The second kappa shape index (κ2) is 8.44. The molecule has 0 aromatic rings. The van der Waals surface area contributed by atoms with Crippen molar-refractivity contribution in [2.24, 2.45) is 11.7 Å². The summed E-state index contributed by atoms with van der Waals surface area (Å²) in [5, 5.41) is 25.4. The molecule has 0 aromatic carbocycles. The van der Waals surface area contributed by atoms with Gasteiger partial charge in [0.05, 0.1) is 23.8 Å². The van der Waals surface area contributed by atoms with Crippen LogP contribution in [0.25, 0.3) is 0 Å². The monoisotopic (exact) mass is 437 g/mol. The summed E-state index contributed by atoms with van der Waals surface area (Å²) < 4.78 is 5.40. The third-order valence-electron chi connectivity index (χ3n) is 5.09. The molecule has 9 nitrogen and oxygen atoms in total. The van der Waals surface area contributed by atoms with E-state index in [2.05, 4.69) is 10.6 Å². The molecule has 0 spiro atoms. The predicted molar refractivity (Wildman–Crippen MR) is 102 cm³/mol. The minimum absolute atomic E-state index is 0.0191. The first kappa shape index (κ1) is 22.7. The fourth-order valence-corrected chi connectivity index (χ4v) is 3.80. The zero-order chi connectivity index (χ0) is 21.4. The highest BCUT2D eigenvalue weighted by Gasteiger charge is 2.56. The molecule has 11 heteroatoms. The maximum atomic E-state index is 12.7. The van der Waals surface area contributed by atoms with E-state index in [1.807, 2.05) is 0 Å². The van der Waals surface area contributed by atoms with E-state index < -0.39 is 58.4 Å². The number of aliphatic hydroxyl groups is 2. The molecule has 6 unspecified atom stereocenters. The lowest BCUT2D eigenvalue weighted by Crippen LogP contribution is -2.66. The molecule has 0 aromatic heterocycles. The number of ether oxygens (including phenoxy) is 1. The Labute approximate surface area is 172 Å². The van der Waals surface area contributed by atoms with Gasteiger partial charge in [0.15, 0.2) is 5.60 Å². The number of cyclic esters (lactones) is 1. The van der Waals surface area contributed by atoms with Crippen molar-refractivity contribution in [1.29, 1.82) is 0 Å². The summed E-state index contributed by atoms with van der Waals surface area (Å²) in [6, 6.07) is -2.69. The van der Waals surface area contributed by atoms with Crippen molar-refractivity contribution in [2.75, 3.05) is 0 Å². The van der Waals surface area contributed by atoms with E-state index in [-0.39, 0.29) is 24.2 Å². The molecule has 2 rings (SSSR count). The Balaban J connectivity index is 2.33. The first-order chi connectivity index (χ1) is 12.9. The van der Waals surface area contributed by atoms with E-state index in [0.29, 0.717) is 0 Å². The number of hydrogen-bond acceptors (Lipinski definition) is 7. The molecule has 6 N–H and O–H groups in total. The first-order valence-corrected chi connectivity index (χ1v) is 9.73. The number of halogens is 2. The van der Waals surface area contributed by atoms with Crippen molar-refractivity contribution in [3.63, 3.8) is 0 Å². The van der Waals surface area contributed by atoms with Gasteiger partial charge in [-0.25, -0.2) is 4.79 Å². The Morgan fingerprint density at radius 1 is 1.32 bits per heavy atom. The number of nitrogens with two attached hydrogens (primary N) is 1. The highest BCUT2D eigenvalue weighted by molar-refractivity contribution is 6.45. The number of alkyl halides is 2. The fraction of sp³-hybridized carbons (Fsp3) is 0.706. The van der Waals surface area contributed by atoms with Crippen LogP contribution >= 0.6 is 23.2 Å². The average Bonchev–Trinajstić information content (AvgIpc) is 2.56. The van der Waals surface area contributed by atoms with Crippen LogP contribution in [0, 0.1) is 5.92 Å². The molecular weight excluding hydrogens is 413 g/mol. The summed E-state index contributed by atoms with van der Waals surface area (Å²) >= 11 is 12.1. The van der Waals surface area contributed by atoms with Crippen LogP contribution in [0.3, 0.4) is 0 Å². The molecule has 2 amide bonds. The molecule has 1 aliphatic heterocycles. The number of amides is 2. The zero-order valence-corrected chi connectivity index (χ0v) is 17.3. The number of carbonyl (C=O) groups is 3. The molecule has 0 radical (unpaired) electrons. The van der Waals surface area contributed by atoms with Crippen LogP contribution in [-0.4, -0.2) is 62.7 Å². The zero-order valence-electron chi connectivity index (χ0n) is 15.7. The second-order valence-electron chi connectivity index (χ2n) is 7.44. The molecular formula is C17H25Cl2N3O6. The molecule has 0 bridgehead atoms. The van der Waals surface area contributed by atoms with Gasteiger partial charge in [0, 0.05) is 12.3 Å². The SMILES string of the molecule is CC(N)C(=O)NC(C)C(=O)NC1C2CC(O)CC(O)=C2C(=O)OC1(C)C(Cl)Cl. The largest absolute Gasteiger partial charge is 0.512 e. The number of esters is 1. The predicted octanol–water partition coefficient (Wildman–Crippen LogP) is 0.0253. The topological polar surface area (TPSA) is 151 Å². The van der Waals surface area contributed by atoms with E-state index in [1.165, 1.54) is 20.8 Å². The van der Waals surface area contributed by atoms with Crippen molar-refractivity contribution in [3.05, 3.63) is 11.3 Å². The molecule has 6 atom stereocenters. The molecule has 158 valence electrons. The van der Waals surface area contributed by atoms with Gasteiger partial charge in [-0.05, 0) is 27.2 Å². The lowest BCUT2D eigenvalue weighted by Gasteiger charge is -2.48. The fourth-order valence-electron chi connectivity index (χ4n) is 3.44. The number of hydrogen-bond donors (Lipinski definition) is 5. The molecule has 28 heavy (non-hydrogen) atoms. The third-order valence-corrected chi connectivity index (χ3v) is 5.95. The molecule has 1 saturated heterocycles. The van der Waals surface area contributed by atoms with Gasteiger partial charge in [0.2, 0.25) is 11.8 Å². The van der Waals surface area contributed by atoms with Gasteiger partial charge in [0.1, 0.15) is 16.6 Å². The van der Waals surface area contributed by atoms with Crippen molar-refractivity contribution in [3.8, 4) is 0 Å². The van der Waals surface area contributed by atoms with Gasteiger partial charge in [-0.15, -0.1) is 23.2 Å². The Kier molecular flexibility index (Phi) is 6.86. The van der Waals surface area contributed by atoms with Gasteiger partial charge in [-0.3, -0.25) is 9.59 Å². The maximum absolute atomic E-state index is 12.7. The molecule has 1 aliphatic carbocycles. The van der Waals surface area contributed by atoms with E-state index >= 15 is 0 Å². The van der Waals surface area contributed by atoms with Crippen LogP contribution in [0.2, 0.25) is 0 Å². The summed E-state index contributed by atoms with van der Waals surface area (Å²) in [6.45, 7) is 4.40. The Morgan fingerprint density at radius 3 is 2.46 bits per heavy atom. The van der Waals surface area contributed by atoms with Crippen molar-refractivity contribution in [1.82, 2.24) is 10.6 Å². The third kappa shape index (κ3) is 4.37. The van der Waals surface area contributed by atoms with Crippen molar-refractivity contribution >= 4 is 41.0 Å². The lowest BCUT2D eigenvalue weighted by atomic mass is 9.72. The van der Waals surface area contributed by atoms with Gasteiger partial charge >= 0.3 is 5.97 Å². The number of fused-ring (bicyclic) bond motifs is 1. The highest BCUT2D eigenvalue weighted by Crippen LogP contribution is 2.44. The Bertz CT molecular complexity index is 698. The maximum Gasteiger partial charge on any atom is 0.338 e. The highest BCUT2D eigenvalue weighted by atomic mass is 35.5. The summed E-state index contributed by atoms with van der Waals surface area (Å²) in [6.07, 6.45) is -0.914. The second-order valence-corrected chi connectivity index (χ2v) is 8.54. The minimum atomic E-state index is -1.52. The summed E-state index contributed by atoms with van der Waals surface area (Å²) in [5.74, 6) is -2.97. The van der Waals surface area contributed by atoms with E-state index in [0.717, 1.165) is 0 Å². The quantitative estimate of drug-likeness (QED) is 0.300. The standard InChI is InChI=1S/C17H25Cl2N3O6/c1-6(20)13(25)21-7(2)14(26)22-12-9-4-8(23)5-10(24)11(9)15(27)28-17(12,3)16(18)19/h6-9,12,16,23-24H,4-5,20H2,1-3H3,(H,21,25)(H,22,26). The number of nitrogens with one attached hydrogen (secondary N) is 2. The van der Waals surface area contributed by atoms with Crippen molar-refractivity contribution < 1.29 is 29.3 Å². The Hall–Kier alpha value is -1.55. The molecule has 0 saturated carbocycles. The van der Waals surface area contributed by atoms with Crippen LogP contribution in [-0.2, 0) is 19.1 Å². The van der Waals surface area contributed by atoms with Gasteiger partial charge in [-0.1, -0.05) is 0 Å². The van der Waals surface area contributed by atoms with E-state index in [4.69, 9.17) is 33.7 Å². The normalized spacial score (nSPS) is 32.3. The number of carbonyl (C=O) groups excluding carboxylic acids is 3. The van der Waals surface area contributed by atoms with Gasteiger partial charge in [-0.2, -0.15) is 0 Å². The average molecular weight is 438 g/mol. The summed E-state index contributed by atoms with van der Waals surface area (Å²) in [4.78, 5) is 35.6. The van der Waals surface area contributed by atoms with E-state index in [9.17, 15) is 24.6 Å². The van der Waals surface area contributed by atoms with Crippen LogP contribution in [0.15, 0.2) is 11.3 Å². The van der Waals surface area contributed by atoms with Crippen LogP contribution in [0.5, 0.6) is 0 Å². The number of aliphatic hydroxyl groups excluding tert-OH is 2. The smallest absolute Gasteiger partial charge is 0.338 e. The minimum Gasteiger partial charge on any atom is -0.512 e. The lowest BCUT2D eigenvalue weighted by molar-refractivity contribution is -0.167.